The first-order valence-electron chi connectivity index (χ1n) is 7.12. The van der Waals surface area contributed by atoms with Crippen molar-refractivity contribution in [2.75, 3.05) is 0 Å². The van der Waals surface area contributed by atoms with Crippen LogP contribution in [0.25, 0.3) is 0 Å². The van der Waals surface area contributed by atoms with E-state index in [0.29, 0.717) is 0 Å². The topological polar surface area (TPSA) is 12.0 Å². The zero-order chi connectivity index (χ0) is 15.5. The smallest absolute Gasteiger partial charge is 0.0545 e. The van der Waals surface area contributed by atoms with Gasteiger partial charge in [0.15, 0.2) is 0 Å². The van der Waals surface area contributed by atoms with E-state index in [0.717, 1.165) is 16.5 Å². The molecule has 0 aliphatic rings. The molecule has 2 rings (SSSR count). The number of nitrogens with one attached hydrogen (secondary N) is 1. The van der Waals surface area contributed by atoms with E-state index in [-0.39, 0.29) is 5.54 Å². The average Bonchev–Trinajstić information content (AvgIpc) is 2.40. The highest BCUT2D eigenvalue weighted by atomic mass is 35.5. The van der Waals surface area contributed by atoms with E-state index in [1.807, 2.05) is 18.2 Å². The van der Waals surface area contributed by atoms with Crippen LogP contribution < -0.4 is 5.32 Å². The van der Waals surface area contributed by atoms with E-state index in [1.165, 1.54) is 16.0 Å². The summed E-state index contributed by atoms with van der Waals surface area (Å²) in [5.41, 5.74) is 2.70. The number of hydrogen-bond acceptors (Lipinski definition) is 2. The highest BCUT2D eigenvalue weighted by molar-refractivity contribution is 7.99. The summed E-state index contributed by atoms with van der Waals surface area (Å²) in [6, 6.07) is 14.6. The predicted molar refractivity (Wildman–Crippen MR) is 93.3 cm³/mol. The molecule has 0 bridgehead atoms. The Kier molecular flexibility index (Phi) is 5.37. The molecule has 0 saturated heterocycles. The van der Waals surface area contributed by atoms with Gasteiger partial charge in [-0.3, -0.25) is 0 Å². The molecule has 0 saturated carbocycles. The van der Waals surface area contributed by atoms with Crippen LogP contribution in [-0.4, -0.2) is 5.54 Å². The molecule has 21 heavy (non-hydrogen) atoms. The molecule has 0 spiro atoms. The summed E-state index contributed by atoms with van der Waals surface area (Å²) in [6.07, 6.45) is 0. The maximum atomic E-state index is 6.27. The minimum absolute atomic E-state index is 0.107. The van der Waals surface area contributed by atoms with Crippen molar-refractivity contribution < 1.29 is 0 Å². The van der Waals surface area contributed by atoms with Crippen LogP contribution in [0.15, 0.2) is 52.3 Å². The van der Waals surface area contributed by atoms with E-state index in [2.05, 4.69) is 57.3 Å². The zero-order valence-corrected chi connectivity index (χ0v) is 14.6. The third-order valence-electron chi connectivity index (χ3n) is 3.08. The molecule has 0 aromatic heterocycles. The maximum Gasteiger partial charge on any atom is 0.0545 e. The van der Waals surface area contributed by atoms with E-state index < -0.39 is 0 Å². The molecular weight excluding hydrogens is 298 g/mol. The van der Waals surface area contributed by atoms with Gasteiger partial charge in [0.05, 0.1) is 5.02 Å². The minimum Gasteiger partial charge on any atom is -0.308 e. The number of aryl methyl sites for hydroxylation is 1. The van der Waals surface area contributed by atoms with Crippen molar-refractivity contribution in [3.8, 4) is 0 Å². The summed E-state index contributed by atoms with van der Waals surface area (Å²) in [6.45, 7) is 9.54. The lowest BCUT2D eigenvalue weighted by Crippen LogP contribution is -2.35. The van der Waals surface area contributed by atoms with Gasteiger partial charge in [-0.1, -0.05) is 53.2 Å². The fourth-order valence-corrected chi connectivity index (χ4v) is 3.15. The minimum atomic E-state index is 0.107. The maximum absolute atomic E-state index is 6.27. The van der Waals surface area contributed by atoms with Crippen LogP contribution in [-0.2, 0) is 6.54 Å². The fourth-order valence-electron chi connectivity index (χ4n) is 1.95. The largest absolute Gasteiger partial charge is 0.308 e. The monoisotopic (exact) mass is 319 g/mol. The Hall–Kier alpha value is -0.960. The average molecular weight is 320 g/mol. The van der Waals surface area contributed by atoms with Crippen LogP contribution in [0.4, 0.5) is 0 Å². The Labute approximate surface area is 137 Å². The van der Waals surface area contributed by atoms with Crippen LogP contribution in [0.5, 0.6) is 0 Å². The lowest BCUT2D eigenvalue weighted by molar-refractivity contribution is 0.422. The molecule has 1 N–H and O–H groups in total. The molecular formula is C18H22ClNS. The normalized spacial score (nSPS) is 11.7. The highest BCUT2D eigenvalue weighted by Gasteiger charge is 2.12. The molecule has 0 aliphatic carbocycles. The van der Waals surface area contributed by atoms with Gasteiger partial charge in [0.2, 0.25) is 0 Å². The molecule has 0 unspecified atom stereocenters. The van der Waals surface area contributed by atoms with Gasteiger partial charge in [-0.25, -0.2) is 0 Å². The number of benzene rings is 2. The first kappa shape index (κ1) is 16.4. The van der Waals surface area contributed by atoms with Crippen LogP contribution in [0.2, 0.25) is 5.02 Å². The van der Waals surface area contributed by atoms with Crippen LogP contribution >= 0.6 is 23.4 Å². The van der Waals surface area contributed by atoms with Gasteiger partial charge in [0.1, 0.15) is 0 Å². The van der Waals surface area contributed by atoms with Crippen LogP contribution in [0.1, 0.15) is 31.9 Å². The van der Waals surface area contributed by atoms with Gasteiger partial charge in [0.25, 0.3) is 0 Å². The molecule has 0 fully saturated rings. The van der Waals surface area contributed by atoms with Gasteiger partial charge >= 0.3 is 0 Å². The van der Waals surface area contributed by atoms with Crippen molar-refractivity contribution in [1.82, 2.24) is 5.32 Å². The summed E-state index contributed by atoms with van der Waals surface area (Å²) in [5, 5.41) is 4.36. The summed E-state index contributed by atoms with van der Waals surface area (Å²) >= 11 is 8.00. The van der Waals surface area contributed by atoms with Crippen LogP contribution in [0.3, 0.4) is 0 Å². The van der Waals surface area contributed by atoms with E-state index in [4.69, 9.17) is 11.6 Å². The second-order valence-corrected chi connectivity index (χ2v) is 7.74. The number of halogens is 1. The molecule has 2 aromatic carbocycles. The van der Waals surface area contributed by atoms with Crippen molar-refractivity contribution in [1.29, 1.82) is 0 Å². The molecule has 0 heterocycles. The molecule has 0 aliphatic heterocycles. The highest BCUT2D eigenvalue weighted by Crippen LogP contribution is 2.35. The molecule has 112 valence electrons. The Morgan fingerprint density at radius 3 is 2.43 bits per heavy atom. The SMILES string of the molecule is Cc1ccc(Sc2ccccc2Cl)c(CNC(C)(C)C)c1. The molecule has 0 amide bonds. The summed E-state index contributed by atoms with van der Waals surface area (Å²) in [5.74, 6) is 0. The zero-order valence-electron chi connectivity index (χ0n) is 13.0. The second-order valence-electron chi connectivity index (χ2n) is 6.25. The van der Waals surface area contributed by atoms with Gasteiger partial charge in [0, 0.05) is 21.9 Å². The molecule has 2 aromatic rings. The van der Waals surface area contributed by atoms with Crippen molar-refractivity contribution >= 4 is 23.4 Å². The summed E-state index contributed by atoms with van der Waals surface area (Å²) in [7, 11) is 0. The lowest BCUT2D eigenvalue weighted by Gasteiger charge is -2.22. The Morgan fingerprint density at radius 2 is 1.76 bits per heavy atom. The van der Waals surface area contributed by atoms with E-state index in [9.17, 15) is 0 Å². The third kappa shape index (κ3) is 5.06. The quantitative estimate of drug-likeness (QED) is 0.777. The predicted octanol–water partition coefficient (Wildman–Crippen LogP) is 5.69. The Morgan fingerprint density at radius 1 is 1.05 bits per heavy atom. The summed E-state index contributed by atoms with van der Waals surface area (Å²) in [4.78, 5) is 2.35. The first-order valence-corrected chi connectivity index (χ1v) is 8.31. The van der Waals surface area contributed by atoms with Gasteiger partial charge < -0.3 is 5.32 Å². The first-order chi connectivity index (χ1) is 9.85. The number of hydrogen-bond donors (Lipinski definition) is 1. The van der Waals surface area contributed by atoms with E-state index in [1.54, 1.807) is 11.8 Å². The molecule has 1 nitrogen and oxygen atoms in total. The van der Waals surface area contributed by atoms with Crippen molar-refractivity contribution in [3.63, 3.8) is 0 Å². The van der Waals surface area contributed by atoms with Gasteiger partial charge in [-0.2, -0.15) is 0 Å². The Balaban J connectivity index is 2.25. The van der Waals surface area contributed by atoms with Crippen LogP contribution in [0, 0.1) is 6.92 Å². The molecule has 3 heteroatoms. The van der Waals surface area contributed by atoms with Crippen molar-refractivity contribution in [2.24, 2.45) is 0 Å². The lowest BCUT2D eigenvalue weighted by atomic mass is 10.1. The molecule has 0 radical (unpaired) electrons. The van der Waals surface area contributed by atoms with Gasteiger partial charge in [-0.05, 0) is 51.5 Å². The fraction of sp³-hybridized carbons (Fsp3) is 0.333. The van der Waals surface area contributed by atoms with E-state index >= 15 is 0 Å². The second kappa shape index (κ2) is 6.87. The Bertz CT molecular complexity index is 617. The summed E-state index contributed by atoms with van der Waals surface area (Å²) < 4.78 is 0. The molecule has 0 atom stereocenters. The van der Waals surface area contributed by atoms with Crippen molar-refractivity contribution in [2.45, 2.75) is 49.6 Å². The van der Waals surface area contributed by atoms with Gasteiger partial charge in [-0.15, -0.1) is 0 Å². The number of rotatable bonds is 4. The third-order valence-corrected chi connectivity index (χ3v) is 4.72. The standard InChI is InChI=1S/C18H22ClNS/c1-13-9-10-16(14(11-13)12-20-18(2,3)4)21-17-8-6-5-7-15(17)19/h5-11,20H,12H2,1-4H3. The van der Waals surface area contributed by atoms with Crippen molar-refractivity contribution in [3.05, 3.63) is 58.6 Å².